The van der Waals surface area contributed by atoms with Crippen LogP contribution in [0.1, 0.15) is 10.4 Å². The van der Waals surface area contributed by atoms with E-state index in [4.69, 9.17) is 4.74 Å². The van der Waals surface area contributed by atoms with E-state index in [9.17, 15) is 13.8 Å². The van der Waals surface area contributed by atoms with Crippen molar-refractivity contribution in [3.05, 3.63) is 59.9 Å². The van der Waals surface area contributed by atoms with E-state index in [1.807, 2.05) is 0 Å². The Morgan fingerprint density at radius 2 is 1.68 bits per heavy atom. The van der Waals surface area contributed by atoms with Crippen molar-refractivity contribution < 1.29 is 27.5 Å². The summed E-state index contributed by atoms with van der Waals surface area (Å²) in [5, 5.41) is 0. The van der Waals surface area contributed by atoms with E-state index < -0.39 is 18.9 Å². The van der Waals surface area contributed by atoms with Gasteiger partial charge in [0.25, 0.3) is 5.52 Å². The monoisotopic (exact) mass is 324 g/mol. The van der Waals surface area contributed by atoms with Gasteiger partial charge in [-0.3, -0.25) is 9.36 Å². The molecule has 5 nitrogen and oxygen atoms in total. The van der Waals surface area contributed by atoms with Crippen LogP contribution >= 0.6 is 7.60 Å². The van der Waals surface area contributed by atoms with Crippen molar-refractivity contribution in [2.45, 2.75) is 0 Å². The van der Waals surface area contributed by atoms with Crippen molar-refractivity contribution in [2.24, 2.45) is 0 Å². The standard InChI is InChI=1S/C15H14FO5P/c1-19-22(18,20-2)15(17)11-8-9-13(16)14(10-11)21-12-6-4-3-5-7-12/h3-10H,1-2H3. The quantitative estimate of drug-likeness (QED) is 0.744. The summed E-state index contributed by atoms with van der Waals surface area (Å²) in [5.74, 6) is -0.395. The molecule has 0 bridgehead atoms. The van der Waals surface area contributed by atoms with Gasteiger partial charge in [-0.2, -0.15) is 0 Å². The number of ether oxygens (including phenoxy) is 1. The van der Waals surface area contributed by atoms with Crippen molar-refractivity contribution in [1.82, 2.24) is 0 Å². The number of halogens is 1. The lowest BCUT2D eigenvalue weighted by atomic mass is 10.2. The third-order valence-electron chi connectivity index (χ3n) is 2.88. The van der Waals surface area contributed by atoms with Gasteiger partial charge in [0.15, 0.2) is 11.6 Å². The normalized spacial score (nSPS) is 11.2. The van der Waals surface area contributed by atoms with Gasteiger partial charge >= 0.3 is 7.60 Å². The van der Waals surface area contributed by atoms with Crippen LogP contribution in [0.2, 0.25) is 0 Å². The second-order valence-corrected chi connectivity index (χ2v) is 6.36. The van der Waals surface area contributed by atoms with Crippen molar-refractivity contribution in [1.29, 1.82) is 0 Å². The van der Waals surface area contributed by atoms with Crippen LogP contribution in [0.5, 0.6) is 11.5 Å². The zero-order valence-corrected chi connectivity index (χ0v) is 12.9. The van der Waals surface area contributed by atoms with Gasteiger partial charge in [0.1, 0.15) is 5.75 Å². The Labute approximate surface area is 127 Å². The van der Waals surface area contributed by atoms with E-state index in [1.165, 1.54) is 6.07 Å². The second-order valence-electron chi connectivity index (χ2n) is 4.23. The van der Waals surface area contributed by atoms with Crippen LogP contribution in [0, 0.1) is 5.82 Å². The van der Waals surface area contributed by atoms with Crippen molar-refractivity contribution >= 4 is 13.1 Å². The highest BCUT2D eigenvalue weighted by Crippen LogP contribution is 2.49. The van der Waals surface area contributed by atoms with E-state index >= 15 is 0 Å². The molecule has 0 saturated heterocycles. The molecule has 22 heavy (non-hydrogen) atoms. The maximum absolute atomic E-state index is 13.8. The molecule has 0 radical (unpaired) electrons. The van der Waals surface area contributed by atoms with Gasteiger partial charge in [0, 0.05) is 19.8 Å². The summed E-state index contributed by atoms with van der Waals surface area (Å²) in [4.78, 5) is 12.2. The number of carbonyl (C=O) groups excluding carboxylic acids is 1. The van der Waals surface area contributed by atoms with Gasteiger partial charge < -0.3 is 13.8 Å². The smallest absolute Gasteiger partial charge is 0.401 e. The topological polar surface area (TPSA) is 61.8 Å². The minimum Gasteiger partial charge on any atom is -0.454 e. The van der Waals surface area contributed by atoms with Gasteiger partial charge in [-0.25, -0.2) is 4.39 Å². The molecule has 2 rings (SSSR count). The summed E-state index contributed by atoms with van der Waals surface area (Å²) in [6, 6.07) is 11.9. The maximum atomic E-state index is 13.8. The van der Waals surface area contributed by atoms with Gasteiger partial charge in [-0.1, -0.05) is 18.2 Å². The average Bonchev–Trinajstić information content (AvgIpc) is 2.56. The summed E-state index contributed by atoms with van der Waals surface area (Å²) in [6.45, 7) is 0. The van der Waals surface area contributed by atoms with E-state index in [0.29, 0.717) is 5.75 Å². The van der Waals surface area contributed by atoms with Crippen LogP contribution in [-0.2, 0) is 13.6 Å². The van der Waals surface area contributed by atoms with Gasteiger partial charge in [-0.15, -0.1) is 0 Å². The summed E-state index contributed by atoms with van der Waals surface area (Å²) in [6.07, 6.45) is 0. The third kappa shape index (κ3) is 3.42. The van der Waals surface area contributed by atoms with E-state index in [0.717, 1.165) is 26.4 Å². The number of hydrogen-bond donors (Lipinski definition) is 0. The van der Waals surface area contributed by atoms with Crippen molar-refractivity contribution in [3.8, 4) is 11.5 Å². The first-order valence-corrected chi connectivity index (χ1v) is 7.83. The maximum Gasteiger partial charge on any atom is 0.401 e. The van der Waals surface area contributed by atoms with Crippen LogP contribution in [0.4, 0.5) is 4.39 Å². The molecule has 0 aliphatic carbocycles. The predicted molar refractivity (Wildman–Crippen MR) is 78.9 cm³/mol. The second kappa shape index (κ2) is 6.83. The highest BCUT2D eigenvalue weighted by Gasteiger charge is 2.33. The molecule has 0 unspecified atom stereocenters. The SMILES string of the molecule is COP(=O)(OC)C(=O)c1ccc(F)c(Oc2ccccc2)c1. The Morgan fingerprint density at radius 1 is 1.05 bits per heavy atom. The molecule has 0 spiro atoms. The summed E-state index contributed by atoms with van der Waals surface area (Å²) >= 11 is 0. The first-order chi connectivity index (χ1) is 10.5. The molecule has 0 saturated carbocycles. The fraction of sp³-hybridized carbons (Fsp3) is 0.133. The lowest BCUT2D eigenvalue weighted by Gasteiger charge is -2.13. The fourth-order valence-electron chi connectivity index (χ4n) is 1.73. The van der Waals surface area contributed by atoms with Crippen molar-refractivity contribution in [2.75, 3.05) is 14.2 Å². The van der Waals surface area contributed by atoms with E-state index in [1.54, 1.807) is 30.3 Å². The minimum atomic E-state index is -3.93. The van der Waals surface area contributed by atoms with E-state index in [2.05, 4.69) is 9.05 Å². The molecule has 0 aliphatic heterocycles. The number of benzene rings is 2. The average molecular weight is 324 g/mol. The Balaban J connectivity index is 2.35. The Morgan fingerprint density at radius 3 is 2.27 bits per heavy atom. The molecule has 0 fully saturated rings. The highest BCUT2D eigenvalue weighted by atomic mass is 31.2. The van der Waals surface area contributed by atoms with Crippen LogP contribution in [0.3, 0.4) is 0 Å². The number of para-hydroxylation sites is 1. The highest BCUT2D eigenvalue weighted by molar-refractivity contribution is 7.72. The molecule has 7 heteroatoms. The number of hydrogen-bond acceptors (Lipinski definition) is 5. The Bertz CT molecular complexity index is 709. The van der Waals surface area contributed by atoms with Crippen molar-refractivity contribution in [3.63, 3.8) is 0 Å². The van der Waals surface area contributed by atoms with Gasteiger partial charge in [0.05, 0.1) is 0 Å². The molecule has 0 amide bonds. The largest absolute Gasteiger partial charge is 0.454 e. The predicted octanol–water partition coefficient (Wildman–Crippen LogP) is 4.24. The van der Waals surface area contributed by atoms with Crippen LogP contribution in [0.25, 0.3) is 0 Å². The molecule has 0 atom stereocenters. The summed E-state index contributed by atoms with van der Waals surface area (Å²) in [5.41, 5.74) is -0.894. The Kier molecular flexibility index (Phi) is 5.08. The first-order valence-electron chi connectivity index (χ1n) is 6.29. The molecule has 0 aliphatic rings. The molecule has 116 valence electrons. The molecule has 0 aromatic heterocycles. The number of carbonyl (C=O) groups is 1. The molecule has 0 heterocycles. The van der Waals surface area contributed by atoms with Crippen LogP contribution < -0.4 is 4.74 Å². The lowest BCUT2D eigenvalue weighted by Crippen LogP contribution is -2.05. The van der Waals surface area contributed by atoms with Crippen LogP contribution in [0.15, 0.2) is 48.5 Å². The zero-order valence-electron chi connectivity index (χ0n) is 12.0. The lowest BCUT2D eigenvalue weighted by molar-refractivity contribution is 0.102. The van der Waals surface area contributed by atoms with Crippen LogP contribution in [-0.4, -0.2) is 19.7 Å². The first kappa shape index (κ1) is 16.4. The molecule has 0 N–H and O–H groups in total. The summed E-state index contributed by atoms with van der Waals surface area (Å²) < 4.78 is 40.6. The molecular formula is C15H14FO5P. The Hall–Kier alpha value is -2.01. The third-order valence-corrected chi connectivity index (χ3v) is 4.60. The van der Waals surface area contributed by atoms with Gasteiger partial charge in [-0.05, 0) is 30.3 Å². The molecule has 2 aromatic carbocycles. The molecule has 2 aromatic rings. The fourth-order valence-corrected chi connectivity index (χ4v) is 2.66. The molecular weight excluding hydrogens is 310 g/mol. The summed E-state index contributed by atoms with van der Waals surface area (Å²) in [7, 11) is -1.72. The zero-order chi connectivity index (χ0) is 16.2. The van der Waals surface area contributed by atoms with Gasteiger partial charge in [0.2, 0.25) is 0 Å². The minimum absolute atomic E-state index is 0.0284. The van der Waals surface area contributed by atoms with E-state index in [-0.39, 0.29) is 11.3 Å². The number of rotatable bonds is 6.